The molecule has 0 amide bonds. The Kier molecular flexibility index (Phi) is 5.00. The highest BCUT2D eigenvalue weighted by atomic mass is 35.5. The van der Waals surface area contributed by atoms with E-state index in [1.54, 1.807) is 0 Å². The predicted molar refractivity (Wildman–Crippen MR) is 66.1 cm³/mol. The highest BCUT2D eigenvalue weighted by Crippen LogP contribution is 2.17. The highest BCUT2D eigenvalue weighted by Gasteiger charge is 2.12. The topological polar surface area (TPSA) is 35.0 Å². The van der Waals surface area contributed by atoms with E-state index < -0.39 is 0 Å². The Balaban J connectivity index is 2.79. The number of aryl methyl sites for hydroxylation is 1. The van der Waals surface area contributed by atoms with E-state index in [4.69, 9.17) is 16.3 Å². The first-order valence-electron chi connectivity index (χ1n) is 5.64. The SMILES string of the molecule is CCOc1cc(CC(Cl)C(C)C)nc(C)n1. The molecule has 0 spiro atoms. The summed E-state index contributed by atoms with van der Waals surface area (Å²) < 4.78 is 5.38. The number of ether oxygens (including phenoxy) is 1. The zero-order valence-corrected chi connectivity index (χ0v) is 11.1. The van der Waals surface area contributed by atoms with E-state index in [2.05, 4.69) is 23.8 Å². The lowest BCUT2D eigenvalue weighted by atomic mass is 10.1. The Morgan fingerprint density at radius 1 is 1.38 bits per heavy atom. The van der Waals surface area contributed by atoms with Crippen molar-refractivity contribution in [2.75, 3.05) is 6.61 Å². The summed E-state index contributed by atoms with van der Waals surface area (Å²) in [7, 11) is 0. The average Bonchev–Trinajstić information content (AvgIpc) is 2.16. The molecule has 1 aromatic rings. The Hall–Kier alpha value is -0.830. The lowest BCUT2D eigenvalue weighted by Gasteiger charge is -2.13. The van der Waals surface area contributed by atoms with Crippen LogP contribution in [0.3, 0.4) is 0 Å². The van der Waals surface area contributed by atoms with Crippen LogP contribution in [0, 0.1) is 12.8 Å². The Labute approximate surface area is 102 Å². The monoisotopic (exact) mass is 242 g/mol. The van der Waals surface area contributed by atoms with Gasteiger partial charge >= 0.3 is 0 Å². The minimum atomic E-state index is 0.101. The van der Waals surface area contributed by atoms with E-state index in [1.165, 1.54) is 0 Å². The van der Waals surface area contributed by atoms with Crippen molar-refractivity contribution in [3.05, 3.63) is 17.6 Å². The molecule has 0 radical (unpaired) electrons. The number of halogens is 1. The van der Waals surface area contributed by atoms with Crippen LogP contribution in [0.1, 0.15) is 32.3 Å². The standard InChI is InChI=1S/C12H19ClN2O/c1-5-16-12-7-10(14-9(4)15-12)6-11(13)8(2)3/h7-8,11H,5-6H2,1-4H3. The molecule has 1 aromatic heterocycles. The summed E-state index contributed by atoms with van der Waals surface area (Å²) in [6, 6.07) is 1.87. The summed E-state index contributed by atoms with van der Waals surface area (Å²) in [5, 5.41) is 0.101. The lowest BCUT2D eigenvalue weighted by molar-refractivity contribution is 0.324. The van der Waals surface area contributed by atoms with Gasteiger partial charge in [0, 0.05) is 23.6 Å². The summed E-state index contributed by atoms with van der Waals surface area (Å²) in [5.41, 5.74) is 0.949. The molecule has 1 heterocycles. The quantitative estimate of drug-likeness (QED) is 0.745. The maximum Gasteiger partial charge on any atom is 0.216 e. The van der Waals surface area contributed by atoms with Crippen LogP contribution in [0.4, 0.5) is 0 Å². The zero-order chi connectivity index (χ0) is 12.1. The molecule has 1 atom stereocenters. The molecular formula is C12H19ClN2O. The van der Waals surface area contributed by atoms with Crippen LogP contribution >= 0.6 is 11.6 Å². The van der Waals surface area contributed by atoms with E-state index in [1.807, 2.05) is 19.9 Å². The van der Waals surface area contributed by atoms with Crippen molar-refractivity contribution < 1.29 is 4.74 Å². The number of aromatic nitrogens is 2. The average molecular weight is 243 g/mol. The van der Waals surface area contributed by atoms with E-state index in [0.717, 1.165) is 17.9 Å². The first-order valence-corrected chi connectivity index (χ1v) is 6.08. The van der Waals surface area contributed by atoms with Gasteiger partial charge in [0.15, 0.2) is 0 Å². The Morgan fingerprint density at radius 2 is 2.06 bits per heavy atom. The van der Waals surface area contributed by atoms with E-state index in [0.29, 0.717) is 18.4 Å². The van der Waals surface area contributed by atoms with E-state index in [-0.39, 0.29) is 5.38 Å². The first kappa shape index (κ1) is 13.2. The minimum absolute atomic E-state index is 0.101. The lowest BCUT2D eigenvalue weighted by Crippen LogP contribution is -2.13. The Morgan fingerprint density at radius 3 is 2.62 bits per heavy atom. The van der Waals surface area contributed by atoms with Gasteiger partial charge < -0.3 is 4.74 Å². The van der Waals surface area contributed by atoms with Gasteiger partial charge in [0.25, 0.3) is 0 Å². The molecule has 0 aliphatic heterocycles. The van der Waals surface area contributed by atoms with Crippen LogP contribution in [0.5, 0.6) is 5.88 Å². The summed E-state index contributed by atoms with van der Waals surface area (Å²) in [4.78, 5) is 8.56. The molecular weight excluding hydrogens is 224 g/mol. The maximum atomic E-state index is 6.23. The molecule has 4 heteroatoms. The second kappa shape index (κ2) is 6.04. The smallest absolute Gasteiger partial charge is 0.216 e. The van der Waals surface area contributed by atoms with Gasteiger partial charge in [-0.1, -0.05) is 13.8 Å². The minimum Gasteiger partial charge on any atom is -0.478 e. The van der Waals surface area contributed by atoms with Crippen molar-refractivity contribution in [3.63, 3.8) is 0 Å². The van der Waals surface area contributed by atoms with Crippen molar-refractivity contribution in [2.24, 2.45) is 5.92 Å². The van der Waals surface area contributed by atoms with Gasteiger partial charge in [-0.3, -0.25) is 0 Å². The van der Waals surface area contributed by atoms with Crippen LogP contribution in [-0.4, -0.2) is 22.0 Å². The van der Waals surface area contributed by atoms with Gasteiger partial charge in [0.1, 0.15) is 5.82 Å². The molecule has 90 valence electrons. The summed E-state index contributed by atoms with van der Waals surface area (Å²) in [6.07, 6.45) is 0.753. The van der Waals surface area contributed by atoms with Crippen LogP contribution in [0.2, 0.25) is 0 Å². The summed E-state index contributed by atoms with van der Waals surface area (Å²) in [6.45, 7) is 8.63. The second-order valence-corrected chi connectivity index (χ2v) is 4.70. The van der Waals surface area contributed by atoms with E-state index in [9.17, 15) is 0 Å². The molecule has 0 bridgehead atoms. The van der Waals surface area contributed by atoms with Crippen molar-refractivity contribution in [1.29, 1.82) is 0 Å². The van der Waals surface area contributed by atoms with Gasteiger partial charge in [-0.15, -0.1) is 11.6 Å². The number of alkyl halides is 1. The van der Waals surface area contributed by atoms with Crippen LogP contribution in [0.25, 0.3) is 0 Å². The van der Waals surface area contributed by atoms with Gasteiger partial charge in [-0.25, -0.2) is 4.98 Å². The summed E-state index contributed by atoms with van der Waals surface area (Å²) >= 11 is 6.23. The van der Waals surface area contributed by atoms with E-state index >= 15 is 0 Å². The number of nitrogens with zero attached hydrogens (tertiary/aromatic N) is 2. The summed E-state index contributed by atoms with van der Waals surface area (Å²) in [5.74, 6) is 1.80. The van der Waals surface area contributed by atoms with Crippen molar-refractivity contribution in [2.45, 2.75) is 39.5 Å². The molecule has 1 unspecified atom stereocenters. The third-order valence-electron chi connectivity index (χ3n) is 2.29. The Bertz CT molecular complexity index is 342. The van der Waals surface area contributed by atoms with Crippen molar-refractivity contribution in [3.8, 4) is 5.88 Å². The molecule has 0 fully saturated rings. The van der Waals surface area contributed by atoms with Gasteiger partial charge in [-0.05, 0) is 19.8 Å². The zero-order valence-electron chi connectivity index (χ0n) is 10.3. The molecule has 0 aliphatic carbocycles. The van der Waals surface area contributed by atoms with Gasteiger partial charge in [-0.2, -0.15) is 4.98 Å². The third-order valence-corrected chi connectivity index (χ3v) is 2.95. The number of hydrogen-bond donors (Lipinski definition) is 0. The molecule has 0 saturated heterocycles. The molecule has 16 heavy (non-hydrogen) atoms. The van der Waals surface area contributed by atoms with Crippen LogP contribution in [-0.2, 0) is 6.42 Å². The molecule has 0 aromatic carbocycles. The second-order valence-electron chi connectivity index (χ2n) is 4.14. The van der Waals surface area contributed by atoms with Crippen LogP contribution < -0.4 is 4.74 Å². The normalized spacial score (nSPS) is 12.9. The molecule has 3 nitrogen and oxygen atoms in total. The maximum absolute atomic E-state index is 6.23. The van der Waals surface area contributed by atoms with Crippen molar-refractivity contribution in [1.82, 2.24) is 9.97 Å². The molecule has 0 aliphatic rings. The first-order chi connectivity index (χ1) is 7.52. The largest absolute Gasteiger partial charge is 0.478 e. The fraction of sp³-hybridized carbons (Fsp3) is 0.667. The molecule has 0 saturated carbocycles. The fourth-order valence-corrected chi connectivity index (χ4v) is 1.52. The number of hydrogen-bond acceptors (Lipinski definition) is 3. The van der Waals surface area contributed by atoms with Crippen molar-refractivity contribution >= 4 is 11.6 Å². The highest BCUT2D eigenvalue weighted by molar-refractivity contribution is 6.20. The fourth-order valence-electron chi connectivity index (χ4n) is 1.36. The molecule has 1 rings (SSSR count). The van der Waals surface area contributed by atoms with Crippen LogP contribution in [0.15, 0.2) is 6.07 Å². The van der Waals surface area contributed by atoms with Gasteiger partial charge in [0.2, 0.25) is 5.88 Å². The third kappa shape index (κ3) is 3.97. The molecule has 0 N–H and O–H groups in total. The van der Waals surface area contributed by atoms with Gasteiger partial charge in [0.05, 0.1) is 6.61 Å². The number of rotatable bonds is 5. The predicted octanol–water partition coefficient (Wildman–Crippen LogP) is 2.99.